The van der Waals surface area contributed by atoms with Gasteiger partial charge in [-0.05, 0) is 36.8 Å². The van der Waals surface area contributed by atoms with Crippen LogP contribution in [-0.4, -0.2) is 58.2 Å². The number of ether oxygens (including phenoxy) is 3. The fourth-order valence-electron chi connectivity index (χ4n) is 2.84. The number of halogens is 1. The van der Waals surface area contributed by atoms with E-state index in [9.17, 15) is 17.6 Å². The highest BCUT2D eigenvalue weighted by Gasteiger charge is 2.27. The van der Waals surface area contributed by atoms with Crippen LogP contribution in [0.15, 0.2) is 47.4 Å². The maximum atomic E-state index is 13.5. The first-order valence-electron chi connectivity index (χ1n) is 9.12. The number of morpholine rings is 1. The number of sulfonamides is 1. The molecule has 1 heterocycles. The quantitative estimate of drug-likeness (QED) is 0.502. The van der Waals surface area contributed by atoms with Crippen molar-refractivity contribution in [2.75, 3.05) is 39.5 Å². The Morgan fingerprint density at radius 2 is 1.86 bits per heavy atom. The summed E-state index contributed by atoms with van der Waals surface area (Å²) in [5.41, 5.74) is 0.746. The molecule has 9 heteroatoms. The van der Waals surface area contributed by atoms with Crippen LogP contribution < -0.4 is 4.74 Å². The van der Waals surface area contributed by atoms with Crippen LogP contribution in [-0.2, 0) is 19.5 Å². The summed E-state index contributed by atoms with van der Waals surface area (Å²) in [5, 5.41) is 0. The molecule has 0 saturated carbocycles. The Balaban J connectivity index is 1.64. The number of rotatable bonds is 7. The van der Waals surface area contributed by atoms with E-state index >= 15 is 0 Å². The van der Waals surface area contributed by atoms with Crippen molar-refractivity contribution in [1.29, 1.82) is 0 Å². The highest BCUT2D eigenvalue weighted by Crippen LogP contribution is 2.21. The van der Waals surface area contributed by atoms with E-state index < -0.39 is 21.8 Å². The lowest BCUT2D eigenvalue weighted by Gasteiger charge is -2.26. The number of nitrogens with zero attached hydrogens (tertiary/aromatic N) is 1. The zero-order chi connectivity index (χ0) is 20.9. The van der Waals surface area contributed by atoms with Gasteiger partial charge in [0, 0.05) is 13.1 Å². The Kier molecular flexibility index (Phi) is 6.83. The predicted molar refractivity (Wildman–Crippen MR) is 103 cm³/mol. The van der Waals surface area contributed by atoms with Gasteiger partial charge in [0.05, 0.1) is 23.7 Å². The van der Waals surface area contributed by atoms with E-state index in [4.69, 9.17) is 14.2 Å². The predicted octanol–water partition coefficient (Wildman–Crippen LogP) is 2.39. The van der Waals surface area contributed by atoms with E-state index in [1.54, 1.807) is 25.1 Å². The summed E-state index contributed by atoms with van der Waals surface area (Å²) in [4.78, 5) is 12.4. The molecule has 2 aromatic carbocycles. The topological polar surface area (TPSA) is 82.1 Å². The van der Waals surface area contributed by atoms with Crippen LogP contribution in [0.2, 0.25) is 0 Å². The van der Waals surface area contributed by atoms with Crippen LogP contribution in [0.4, 0.5) is 4.39 Å². The molecule has 1 fully saturated rings. The Bertz CT molecular complexity index is 973. The first kappa shape index (κ1) is 21.2. The van der Waals surface area contributed by atoms with Crippen LogP contribution in [0.1, 0.15) is 15.9 Å². The van der Waals surface area contributed by atoms with Crippen molar-refractivity contribution in [1.82, 2.24) is 4.31 Å². The van der Waals surface area contributed by atoms with Gasteiger partial charge in [-0.15, -0.1) is 0 Å². The second kappa shape index (κ2) is 9.34. The van der Waals surface area contributed by atoms with Crippen molar-refractivity contribution in [3.63, 3.8) is 0 Å². The van der Waals surface area contributed by atoms with Crippen molar-refractivity contribution < 1.29 is 31.8 Å². The standard InChI is InChI=1S/C20H22FNO6S/c1-15-6-7-16(29(24,25)22-8-10-26-11-9-22)14-17(15)20(23)28-13-12-27-19-5-3-2-4-18(19)21/h2-7,14H,8-13H2,1H3. The third kappa shape index (κ3) is 5.11. The third-order valence-electron chi connectivity index (χ3n) is 4.45. The Hall–Kier alpha value is -2.49. The van der Waals surface area contributed by atoms with E-state index in [1.807, 2.05) is 0 Å². The van der Waals surface area contributed by atoms with Gasteiger partial charge in [0.15, 0.2) is 11.6 Å². The highest BCUT2D eigenvalue weighted by atomic mass is 32.2. The molecule has 2 aromatic rings. The van der Waals surface area contributed by atoms with Gasteiger partial charge in [0.2, 0.25) is 10.0 Å². The van der Waals surface area contributed by atoms with Crippen molar-refractivity contribution in [3.8, 4) is 5.75 Å². The third-order valence-corrected chi connectivity index (χ3v) is 6.34. The summed E-state index contributed by atoms with van der Waals surface area (Å²) >= 11 is 0. The monoisotopic (exact) mass is 423 g/mol. The molecule has 0 aliphatic carbocycles. The molecule has 3 rings (SSSR count). The Morgan fingerprint density at radius 3 is 2.59 bits per heavy atom. The lowest BCUT2D eigenvalue weighted by molar-refractivity contribution is 0.0447. The first-order valence-corrected chi connectivity index (χ1v) is 10.6. The summed E-state index contributed by atoms with van der Waals surface area (Å²) in [6.45, 7) is 2.76. The summed E-state index contributed by atoms with van der Waals surface area (Å²) in [6, 6.07) is 10.3. The molecule has 0 atom stereocenters. The van der Waals surface area contributed by atoms with Gasteiger partial charge in [0.1, 0.15) is 13.2 Å². The minimum Gasteiger partial charge on any atom is -0.487 e. The van der Waals surface area contributed by atoms with Crippen LogP contribution in [0.25, 0.3) is 0 Å². The second-order valence-electron chi connectivity index (χ2n) is 6.41. The number of carbonyl (C=O) groups excluding carboxylic acids is 1. The molecule has 156 valence electrons. The van der Waals surface area contributed by atoms with Crippen LogP contribution >= 0.6 is 0 Å². The van der Waals surface area contributed by atoms with Crippen molar-refractivity contribution in [2.24, 2.45) is 0 Å². The zero-order valence-electron chi connectivity index (χ0n) is 16.0. The number of hydrogen-bond acceptors (Lipinski definition) is 6. The fraction of sp³-hybridized carbons (Fsp3) is 0.350. The van der Waals surface area contributed by atoms with Crippen molar-refractivity contribution in [2.45, 2.75) is 11.8 Å². The van der Waals surface area contributed by atoms with E-state index in [2.05, 4.69) is 0 Å². The lowest BCUT2D eigenvalue weighted by atomic mass is 10.1. The van der Waals surface area contributed by atoms with Gasteiger partial charge in [-0.3, -0.25) is 0 Å². The molecule has 1 aliphatic heterocycles. The maximum absolute atomic E-state index is 13.5. The zero-order valence-corrected chi connectivity index (χ0v) is 16.8. The number of hydrogen-bond donors (Lipinski definition) is 0. The normalized spacial score (nSPS) is 15.1. The number of aryl methyl sites for hydroxylation is 1. The fourth-order valence-corrected chi connectivity index (χ4v) is 4.28. The number of para-hydroxylation sites is 1. The average Bonchev–Trinajstić information content (AvgIpc) is 2.73. The Morgan fingerprint density at radius 1 is 1.14 bits per heavy atom. The average molecular weight is 423 g/mol. The summed E-state index contributed by atoms with van der Waals surface area (Å²) < 4.78 is 56.0. The van der Waals surface area contributed by atoms with Crippen LogP contribution in [0.5, 0.6) is 5.75 Å². The molecule has 7 nitrogen and oxygen atoms in total. The molecule has 1 aliphatic rings. The van der Waals surface area contributed by atoms with E-state index in [1.165, 1.54) is 28.6 Å². The SMILES string of the molecule is Cc1ccc(S(=O)(=O)N2CCOCC2)cc1C(=O)OCCOc1ccccc1F. The highest BCUT2D eigenvalue weighted by molar-refractivity contribution is 7.89. The summed E-state index contributed by atoms with van der Waals surface area (Å²) in [7, 11) is -3.72. The molecule has 0 N–H and O–H groups in total. The maximum Gasteiger partial charge on any atom is 0.338 e. The van der Waals surface area contributed by atoms with E-state index in [0.29, 0.717) is 18.8 Å². The molecule has 0 spiro atoms. The van der Waals surface area contributed by atoms with Gasteiger partial charge in [-0.2, -0.15) is 4.31 Å². The minimum absolute atomic E-state index is 0.0274. The largest absolute Gasteiger partial charge is 0.487 e. The molecule has 1 saturated heterocycles. The number of carbonyl (C=O) groups is 1. The van der Waals surface area contributed by atoms with Gasteiger partial charge >= 0.3 is 5.97 Å². The summed E-state index contributed by atoms with van der Waals surface area (Å²) in [6.07, 6.45) is 0. The molecule has 0 unspecified atom stereocenters. The first-order chi connectivity index (χ1) is 13.9. The molecular formula is C20H22FNO6S. The number of benzene rings is 2. The molecule has 0 bridgehead atoms. The van der Waals surface area contributed by atoms with Crippen LogP contribution in [0.3, 0.4) is 0 Å². The van der Waals surface area contributed by atoms with Gasteiger partial charge < -0.3 is 14.2 Å². The van der Waals surface area contributed by atoms with E-state index in [0.717, 1.165) is 0 Å². The second-order valence-corrected chi connectivity index (χ2v) is 8.35. The van der Waals surface area contributed by atoms with Gasteiger partial charge in [-0.25, -0.2) is 17.6 Å². The number of esters is 1. The Labute approximate surface area is 169 Å². The molecule has 0 aromatic heterocycles. The van der Waals surface area contributed by atoms with Crippen molar-refractivity contribution in [3.05, 3.63) is 59.4 Å². The lowest BCUT2D eigenvalue weighted by Crippen LogP contribution is -2.40. The molecule has 0 radical (unpaired) electrons. The molecule has 29 heavy (non-hydrogen) atoms. The van der Waals surface area contributed by atoms with Crippen LogP contribution in [0, 0.1) is 12.7 Å². The molecular weight excluding hydrogens is 401 g/mol. The van der Waals surface area contributed by atoms with Crippen molar-refractivity contribution >= 4 is 16.0 Å². The van der Waals surface area contributed by atoms with Gasteiger partial charge in [-0.1, -0.05) is 18.2 Å². The summed E-state index contributed by atoms with van der Waals surface area (Å²) in [5.74, 6) is -1.10. The smallest absolute Gasteiger partial charge is 0.338 e. The van der Waals surface area contributed by atoms with Gasteiger partial charge in [0.25, 0.3) is 0 Å². The molecule has 0 amide bonds. The minimum atomic E-state index is -3.72. The van der Waals surface area contributed by atoms with E-state index in [-0.39, 0.29) is 42.5 Å².